The van der Waals surface area contributed by atoms with Crippen molar-refractivity contribution in [1.29, 1.82) is 0 Å². The summed E-state index contributed by atoms with van der Waals surface area (Å²) in [5, 5.41) is 12.9. The van der Waals surface area contributed by atoms with Crippen LogP contribution in [0, 0.1) is 29.5 Å². The summed E-state index contributed by atoms with van der Waals surface area (Å²) < 4.78 is 13.0. The number of halogens is 1. The number of hydrogen-bond donors (Lipinski definition) is 2. The smallest absolute Gasteiger partial charge is 0.303 e. The number of unbranched alkanes of at least 4 members (excludes halogenated alkanes) is 1. The molecule has 2 bridgehead atoms. The molecule has 156 valence electrons. The van der Waals surface area contributed by atoms with Crippen LogP contribution in [0.15, 0.2) is 41.5 Å². The number of nitrogens with one attached hydrogen (secondary N) is 1. The highest BCUT2D eigenvalue weighted by Crippen LogP contribution is 2.49. The number of hydrogen-bond acceptors (Lipinski definition) is 3. The average molecular weight is 400 g/mol. The summed E-state index contributed by atoms with van der Waals surface area (Å²) in [4.78, 5) is 22.7. The van der Waals surface area contributed by atoms with Crippen LogP contribution in [0.5, 0.6) is 0 Å². The van der Waals surface area contributed by atoms with Crippen molar-refractivity contribution in [3.05, 3.63) is 47.8 Å². The number of benzene rings is 1. The van der Waals surface area contributed by atoms with Gasteiger partial charge < -0.3 is 5.11 Å². The van der Waals surface area contributed by atoms with Crippen LogP contribution in [-0.2, 0) is 4.79 Å². The molecule has 2 unspecified atom stereocenters. The van der Waals surface area contributed by atoms with E-state index in [1.165, 1.54) is 49.9 Å². The van der Waals surface area contributed by atoms with Crippen LogP contribution in [0.3, 0.4) is 0 Å². The number of amides is 1. The zero-order chi connectivity index (χ0) is 20.6. The Balaban J connectivity index is 1.54. The van der Waals surface area contributed by atoms with Crippen molar-refractivity contribution < 1.29 is 19.1 Å². The molecule has 2 atom stereocenters. The highest BCUT2D eigenvalue weighted by Gasteiger charge is 2.42. The summed E-state index contributed by atoms with van der Waals surface area (Å²) in [6, 6.07) is 5.41. The molecule has 0 heterocycles. The van der Waals surface area contributed by atoms with Crippen LogP contribution < -0.4 is 5.43 Å². The van der Waals surface area contributed by atoms with Crippen molar-refractivity contribution in [2.24, 2.45) is 28.8 Å². The summed E-state index contributed by atoms with van der Waals surface area (Å²) in [6.45, 7) is 0. The molecule has 1 amide bonds. The van der Waals surface area contributed by atoms with Gasteiger partial charge in [0.1, 0.15) is 5.82 Å². The standard InChI is InChI=1S/C23H29FN2O3/c24-19-13-11-18(12-14-19)23(29)26-25-15-21-17-9-7-16(8-10-17)20(21)5-3-1-2-4-6-22(27)28/h1,3,11-17,20-21H,2,4-10H2,(H,26,29)(H,27,28). The third-order valence-corrected chi connectivity index (χ3v) is 6.32. The van der Waals surface area contributed by atoms with E-state index < -0.39 is 5.97 Å². The molecular formula is C23H29FN2O3. The Morgan fingerprint density at radius 2 is 1.79 bits per heavy atom. The van der Waals surface area contributed by atoms with Gasteiger partial charge in [0.15, 0.2) is 0 Å². The normalized spacial score (nSPS) is 26.2. The fourth-order valence-electron chi connectivity index (χ4n) is 4.79. The van der Waals surface area contributed by atoms with Crippen molar-refractivity contribution >= 4 is 18.1 Å². The third kappa shape index (κ3) is 5.99. The fourth-order valence-corrected chi connectivity index (χ4v) is 4.79. The van der Waals surface area contributed by atoms with Gasteiger partial charge in [-0.25, -0.2) is 9.82 Å². The molecule has 3 aliphatic rings. The first-order valence-electron chi connectivity index (χ1n) is 10.5. The Labute approximate surface area is 171 Å². The number of carboxylic acids is 1. The molecule has 3 aliphatic carbocycles. The molecule has 0 spiro atoms. The van der Waals surface area contributed by atoms with Crippen molar-refractivity contribution in [1.82, 2.24) is 5.43 Å². The number of carbonyl (C=O) groups excluding carboxylic acids is 1. The number of carbonyl (C=O) groups is 2. The topological polar surface area (TPSA) is 78.8 Å². The van der Waals surface area contributed by atoms with Gasteiger partial charge in [-0.3, -0.25) is 9.59 Å². The maximum absolute atomic E-state index is 13.0. The third-order valence-electron chi connectivity index (χ3n) is 6.32. The van der Waals surface area contributed by atoms with E-state index in [4.69, 9.17) is 5.11 Å². The molecule has 1 aromatic carbocycles. The predicted molar refractivity (Wildman–Crippen MR) is 110 cm³/mol. The Hall–Kier alpha value is -2.50. The van der Waals surface area contributed by atoms with Crippen molar-refractivity contribution in [2.75, 3.05) is 0 Å². The van der Waals surface area contributed by atoms with Crippen molar-refractivity contribution in [3.8, 4) is 0 Å². The first-order valence-corrected chi connectivity index (χ1v) is 10.5. The molecule has 0 radical (unpaired) electrons. The predicted octanol–water partition coefficient (Wildman–Crippen LogP) is 4.79. The van der Waals surface area contributed by atoms with Crippen LogP contribution in [-0.4, -0.2) is 23.2 Å². The number of carboxylic acid groups (broad SMARTS) is 1. The SMILES string of the molecule is O=C(O)CCCC=CCC1C2CCC(CC2)C1C=NNC(=O)c1ccc(F)cc1. The lowest BCUT2D eigenvalue weighted by molar-refractivity contribution is -0.137. The number of allylic oxidation sites excluding steroid dienone is 2. The van der Waals surface area contributed by atoms with Gasteiger partial charge in [-0.1, -0.05) is 12.2 Å². The monoisotopic (exact) mass is 400 g/mol. The first kappa shape index (κ1) is 21.2. The van der Waals surface area contributed by atoms with E-state index in [9.17, 15) is 14.0 Å². The number of fused-ring (bicyclic) bond motifs is 3. The summed E-state index contributed by atoms with van der Waals surface area (Å²) in [5.74, 6) is 0.704. The molecule has 1 aromatic rings. The highest BCUT2D eigenvalue weighted by molar-refractivity contribution is 5.94. The van der Waals surface area contributed by atoms with E-state index in [1.54, 1.807) is 0 Å². The van der Waals surface area contributed by atoms with Gasteiger partial charge in [0.2, 0.25) is 0 Å². The summed E-state index contributed by atoms with van der Waals surface area (Å²) >= 11 is 0. The second kappa shape index (κ2) is 10.3. The lowest BCUT2D eigenvalue weighted by Gasteiger charge is -2.47. The number of rotatable bonds is 9. The van der Waals surface area contributed by atoms with Crippen LogP contribution in [0.1, 0.15) is 61.7 Å². The number of hydrazone groups is 1. The van der Waals surface area contributed by atoms with Crippen molar-refractivity contribution in [3.63, 3.8) is 0 Å². The van der Waals surface area contributed by atoms with Gasteiger partial charge >= 0.3 is 5.97 Å². The summed E-state index contributed by atoms with van der Waals surface area (Å²) in [7, 11) is 0. The molecule has 3 saturated carbocycles. The molecule has 3 fully saturated rings. The van der Waals surface area contributed by atoms with Crippen LogP contribution in [0.25, 0.3) is 0 Å². The minimum atomic E-state index is -0.748. The molecule has 0 aliphatic heterocycles. The van der Waals surface area contributed by atoms with Crippen molar-refractivity contribution in [2.45, 2.75) is 51.4 Å². The molecule has 5 nitrogen and oxygen atoms in total. The van der Waals surface area contributed by atoms with E-state index in [0.717, 1.165) is 12.8 Å². The maximum atomic E-state index is 13.0. The maximum Gasteiger partial charge on any atom is 0.303 e. The van der Waals surface area contributed by atoms with Crippen LogP contribution in [0.4, 0.5) is 4.39 Å². The second-order valence-electron chi connectivity index (χ2n) is 8.14. The van der Waals surface area contributed by atoms with E-state index in [2.05, 4.69) is 22.7 Å². The minimum absolute atomic E-state index is 0.210. The Bertz CT molecular complexity index is 752. The summed E-state index contributed by atoms with van der Waals surface area (Å²) in [6.07, 6.45) is 13.8. The van der Waals surface area contributed by atoms with Gasteiger partial charge in [-0.15, -0.1) is 0 Å². The number of nitrogens with zero attached hydrogens (tertiary/aromatic N) is 1. The Kier molecular flexibility index (Phi) is 7.55. The summed E-state index contributed by atoms with van der Waals surface area (Å²) in [5.41, 5.74) is 2.96. The quantitative estimate of drug-likeness (QED) is 0.271. The average Bonchev–Trinajstić information content (AvgIpc) is 2.72. The Morgan fingerprint density at radius 1 is 1.10 bits per heavy atom. The van der Waals surface area contributed by atoms with Gasteiger partial charge in [-0.05, 0) is 87.0 Å². The van der Waals surface area contributed by atoms with E-state index >= 15 is 0 Å². The molecule has 0 saturated heterocycles. The van der Waals surface area contributed by atoms with E-state index in [-0.39, 0.29) is 18.1 Å². The molecule has 6 heteroatoms. The van der Waals surface area contributed by atoms with Crippen LogP contribution in [0.2, 0.25) is 0 Å². The van der Waals surface area contributed by atoms with Crippen LogP contribution >= 0.6 is 0 Å². The molecular weight excluding hydrogens is 371 g/mol. The largest absolute Gasteiger partial charge is 0.481 e. The molecule has 4 rings (SSSR count). The fraction of sp³-hybridized carbons (Fsp3) is 0.522. The zero-order valence-corrected chi connectivity index (χ0v) is 16.6. The zero-order valence-electron chi connectivity index (χ0n) is 16.6. The lowest BCUT2D eigenvalue weighted by Crippen LogP contribution is -2.41. The van der Waals surface area contributed by atoms with E-state index in [1.807, 2.05) is 6.21 Å². The van der Waals surface area contributed by atoms with Gasteiger partial charge in [0, 0.05) is 24.1 Å². The highest BCUT2D eigenvalue weighted by atomic mass is 19.1. The number of aliphatic carboxylic acids is 1. The van der Waals surface area contributed by atoms with Gasteiger partial charge in [0.05, 0.1) is 0 Å². The lowest BCUT2D eigenvalue weighted by atomic mass is 9.58. The van der Waals surface area contributed by atoms with E-state index in [0.29, 0.717) is 35.7 Å². The molecule has 0 aromatic heterocycles. The minimum Gasteiger partial charge on any atom is -0.481 e. The molecule has 29 heavy (non-hydrogen) atoms. The first-order chi connectivity index (χ1) is 14.0. The van der Waals surface area contributed by atoms with Gasteiger partial charge in [0.25, 0.3) is 5.91 Å². The molecule has 2 N–H and O–H groups in total. The van der Waals surface area contributed by atoms with Gasteiger partial charge in [-0.2, -0.15) is 5.10 Å². The second-order valence-corrected chi connectivity index (χ2v) is 8.14. The Morgan fingerprint density at radius 3 is 2.48 bits per heavy atom.